The molecule has 0 aliphatic carbocycles. The molecule has 3 aliphatic rings. The van der Waals surface area contributed by atoms with Gasteiger partial charge in [-0.2, -0.15) is 0 Å². The average molecular weight is 499 g/mol. The second kappa shape index (κ2) is 11.3. The minimum atomic E-state index is -0.460. The number of nitrogens with zero attached hydrogens (tertiary/aromatic N) is 3. The second-order valence-corrected chi connectivity index (χ2v) is 9.82. The highest BCUT2D eigenvalue weighted by Crippen LogP contribution is 2.45. The fraction of sp³-hybridized carbons (Fsp3) is 0.500. The molecule has 1 saturated heterocycles. The maximum Gasteiger partial charge on any atom is 0.338 e. The first-order chi connectivity index (χ1) is 16.9. The van der Waals surface area contributed by atoms with Crippen molar-refractivity contribution in [3.8, 4) is 5.75 Å². The Hall–Kier alpha value is -2.78. The summed E-state index contributed by atoms with van der Waals surface area (Å²) in [6.07, 6.45) is 3.57. The van der Waals surface area contributed by atoms with Crippen LogP contribution < -0.4 is 10.1 Å². The van der Waals surface area contributed by atoms with Crippen LogP contribution in [-0.4, -0.2) is 66.7 Å². The number of rotatable bonds is 9. The molecule has 0 saturated carbocycles. The Morgan fingerprint density at radius 1 is 1.31 bits per heavy atom. The van der Waals surface area contributed by atoms with Crippen molar-refractivity contribution < 1.29 is 19.1 Å². The Kier molecular flexibility index (Phi) is 8.18. The van der Waals surface area contributed by atoms with Crippen LogP contribution in [0.3, 0.4) is 0 Å². The SMILES string of the molecule is CCOC(=O)C1=C(C)N=C2SC=C(CC(=O)NCC[C@@H]3CCCN3C)N2[C@H]1c1cccc(OC)c1. The topological polar surface area (TPSA) is 83.5 Å². The molecule has 0 radical (unpaired) electrons. The summed E-state index contributed by atoms with van der Waals surface area (Å²) in [6, 6.07) is 7.72. The van der Waals surface area contributed by atoms with E-state index in [0.29, 0.717) is 29.6 Å². The molecule has 1 N–H and O–H groups in total. The fourth-order valence-corrected chi connectivity index (χ4v) is 5.88. The molecule has 3 aliphatic heterocycles. The lowest BCUT2D eigenvalue weighted by Crippen LogP contribution is -2.38. The zero-order chi connectivity index (χ0) is 24.9. The maximum absolute atomic E-state index is 13.0. The third-order valence-electron chi connectivity index (χ3n) is 6.72. The number of benzene rings is 1. The molecule has 0 unspecified atom stereocenters. The molecule has 188 valence electrons. The Morgan fingerprint density at radius 2 is 2.14 bits per heavy atom. The van der Waals surface area contributed by atoms with Crippen molar-refractivity contribution in [3.63, 3.8) is 0 Å². The highest BCUT2D eigenvalue weighted by atomic mass is 32.2. The first-order valence-corrected chi connectivity index (χ1v) is 13.0. The summed E-state index contributed by atoms with van der Waals surface area (Å²) in [7, 11) is 3.76. The lowest BCUT2D eigenvalue weighted by atomic mass is 9.93. The van der Waals surface area contributed by atoms with Gasteiger partial charge in [0.25, 0.3) is 0 Å². The molecule has 3 heterocycles. The molecule has 0 spiro atoms. The van der Waals surface area contributed by atoms with Crippen LogP contribution >= 0.6 is 11.8 Å². The fourth-order valence-electron chi connectivity index (χ4n) is 4.92. The van der Waals surface area contributed by atoms with Crippen LogP contribution in [0.15, 0.2) is 51.6 Å². The lowest BCUT2D eigenvalue weighted by Gasteiger charge is -2.36. The van der Waals surface area contributed by atoms with Gasteiger partial charge in [0.05, 0.1) is 37.4 Å². The van der Waals surface area contributed by atoms with Crippen molar-refractivity contribution in [3.05, 3.63) is 52.2 Å². The number of likely N-dealkylation sites (tertiary alicyclic amines) is 1. The number of carbonyl (C=O) groups excluding carboxylic acids is 2. The molecule has 8 nitrogen and oxygen atoms in total. The summed E-state index contributed by atoms with van der Waals surface area (Å²) in [4.78, 5) is 35.0. The molecule has 1 aromatic carbocycles. The first-order valence-electron chi connectivity index (χ1n) is 12.1. The minimum Gasteiger partial charge on any atom is -0.497 e. The van der Waals surface area contributed by atoms with Crippen molar-refractivity contribution >= 4 is 28.8 Å². The predicted molar refractivity (Wildman–Crippen MR) is 138 cm³/mol. The van der Waals surface area contributed by atoms with Gasteiger partial charge in [-0.1, -0.05) is 23.9 Å². The summed E-state index contributed by atoms with van der Waals surface area (Å²) in [5.74, 6) is 0.258. The van der Waals surface area contributed by atoms with E-state index >= 15 is 0 Å². The standard InChI is InChI=1S/C26H34N4O4S/c1-5-34-25(32)23-17(2)28-26-30(24(23)18-8-6-10-21(14-18)33-4)20(16-35-26)15-22(31)27-12-11-19-9-7-13-29(19)3/h6,8,10,14,16,19,24H,5,7,9,11-13,15H2,1-4H3,(H,27,31)/t19-,24-/m0/s1. The van der Waals surface area contributed by atoms with Gasteiger partial charge in [-0.25, -0.2) is 9.79 Å². The zero-order valence-corrected chi connectivity index (χ0v) is 21.7. The number of aliphatic imine (C=N–C) groups is 1. The lowest BCUT2D eigenvalue weighted by molar-refractivity contribution is -0.139. The number of methoxy groups -OCH3 is 1. The minimum absolute atomic E-state index is 0.0351. The molecule has 1 fully saturated rings. The van der Waals surface area contributed by atoms with Crippen LogP contribution in [0.25, 0.3) is 0 Å². The molecular formula is C26H34N4O4S. The van der Waals surface area contributed by atoms with E-state index in [0.717, 1.165) is 29.4 Å². The highest BCUT2D eigenvalue weighted by molar-refractivity contribution is 8.16. The van der Waals surface area contributed by atoms with E-state index in [1.54, 1.807) is 14.0 Å². The smallest absolute Gasteiger partial charge is 0.338 e. The van der Waals surface area contributed by atoms with Crippen LogP contribution in [0, 0.1) is 0 Å². The summed E-state index contributed by atoms with van der Waals surface area (Å²) in [5.41, 5.74) is 2.78. The van der Waals surface area contributed by atoms with Gasteiger partial charge in [-0.15, -0.1) is 0 Å². The number of amidine groups is 1. The Morgan fingerprint density at radius 3 is 2.86 bits per heavy atom. The van der Waals surface area contributed by atoms with Crippen molar-refractivity contribution in [2.24, 2.45) is 4.99 Å². The number of amides is 1. The molecule has 2 atom stereocenters. The van der Waals surface area contributed by atoms with Crippen molar-refractivity contribution in [1.29, 1.82) is 0 Å². The van der Waals surface area contributed by atoms with E-state index in [1.807, 2.05) is 41.5 Å². The monoisotopic (exact) mass is 498 g/mol. The second-order valence-electron chi connectivity index (χ2n) is 8.98. The normalized spacial score (nSPS) is 22.0. The summed E-state index contributed by atoms with van der Waals surface area (Å²) in [5, 5.41) is 5.79. The number of nitrogens with one attached hydrogen (secondary N) is 1. The van der Waals surface area contributed by atoms with E-state index in [9.17, 15) is 9.59 Å². The molecule has 9 heteroatoms. The number of hydrogen-bond donors (Lipinski definition) is 1. The number of carbonyl (C=O) groups is 2. The molecule has 0 aromatic heterocycles. The quantitative estimate of drug-likeness (QED) is 0.518. The Bertz CT molecular complexity index is 1070. The van der Waals surface area contributed by atoms with Gasteiger partial charge in [0.2, 0.25) is 5.91 Å². The zero-order valence-electron chi connectivity index (χ0n) is 20.9. The number of esters is 1. The van der Waals surface area contributed by atoms with E-state index in [4.69, 9.17) is 14.5 Å². The molecule has 1 amide bonds. The number of fused-ring (bicyclic) bond motifs is 1. The predicted octanol–water partition coefficient (Wildman–Crippen LogP) is 3.82. The van der Waals surface area contributed by atoms with E-state index in [1.165, 1.54) is 24.6 Å². The van der Waals surface area contributed by atoms with Crippen LogP contribution in [0.4, 0.5) is 0 Å². The highest BCUT2D eigenvalue weighted by Gasteiger charge is 2.41. The van der Waals surface area contributed by atoms with Gasteiger partial charge in [0.1, 0.15) is 5.75 Å². The summed E-state index contributed by atoms with van der Waals surface area (Å²) >= 11 is 1.47. The van der Waals surface area contributed by atoms with Gasteiger partial charge in [0, 0.05) is 18.3 Å². The Labute approximate surface area is 211 Å². The largest absolute Gasteiger partial charge is 0.497 e. The van der Waals surface area contributed by atoms with Gasteiger partial charge >= 0.3 is 5.97 Å². The van der Waals surface area contributed by atoms with Gasteiger partial charge in [-0.3, -0.25) is 4.79 Å². The van der Waals surface area contributed by atoms with Crippen molar-refractivity contribution in [2.75, 3.05) is 33.9 Å². The average Bonchev–Trinajstić information content (AvgIpc) is 3.43. The van der Waals surface area contributed by atoms with Crippen molar-refractivity contribution in [1.82, 2.24) is 15.1 Å². The number of allylic oxidation sites excluding steroid dienone is 1. The third kappa shape index (κ3) is 5.56. The number of hydrogen-bond acceptors (Lipinski definition) is 8. The summed E-state index contributed by atoms with van der Waals surface area (Å²) < 4.78 is 10.8. The first kappa shape index (κ1) is 25.3. The van der Waals surface area contributed by atoms with Gasteiger partial charge in [-0.05, 0) is 69.8 Å². The molecule has 35 heavy (non-hydrogen) atoms. The number of thioether (sulfide) groups is 1. The Balaban J connectivity index is 1.55. The van der Waals surface area contributed by atoms with Gasteiger partial charge in [0.15, 0.2) is 5.17 Å². The van der Waals surface area contributed by atoms with Crippen LogP contribution in [0.5, 0.6) is 5.75 Å². The summed E-state index contributed by atoms with van der Waals surface area (Å²) in [6.45, 7) is 5.67. The van der Waals surface area contributed by atoms with E-state index in [2.05, 4.69) is 17.3 Å². The van der Waals surface area contributed by atoms with Crippen molar-refractivity contribution in [2.45, 2.75) is 51.6 Å². The maximum atomic E-state index is 13.0. The molecule has 0 bridgehead atoms. The van der Waals surface area contributed by atoms with E-state index < -0.39 is 12.0 Å². The number of ether oxygens (including phenoxy) is 2. The molecule has 1 aromatic rings. The molecular weight excluding hydrogens is 464 g/mol. The van der Waals surface area contributed by atoms with Crippen LogP contribution in [-0.2, 0) is 14.3 Å². The van der Waals surface area contributed by atoms with Crippen LogP contribution in [0.2, 0.25) is 0 Å². The third-order valence-corrected chi connectivity index (χ3v) is 7.61. The van der Waals surface area contributed by atoms with Crippen LogP contribution in [0.1, 0.15) is 51.1 Å². The van der Waals surface area contributed by atoms with Gasteiger partial charge < -0.3 is 24.6 Å². The van der Waals surface area contributed by atoms with E-state index in [-0.39, 0.29) is 18.9 Å². The molecule has 4 rings (SSSR count).